The molecule has 0 aliphatic rings. The van der Waals surface area contributed by atoms with Crippen LogP contribution in [0.25, 0.3) is 0 Å². The van der Waals surface area contributed by atoms with Gasteiger partial charge in [0.15, 0.2) is 5.69 Å². The number of nitrogens with zero attached hydrogens (tertiary/aromatic N) is 2. The molecule has 3 aromatic rings. The number of esters is 1. The van der Waals surface area contributed by atoms with Crippen LogP contribution in [0.4, 0.5) is 5.69 Å². The summed E-state index contributed by atoms with van der Waals surface area (Å²) in [5.74, 6) is -1.15. The van der Waals surface area contributed by atoms with E-state index in [2.05, 4.69) is 15.3 Å². The molecule has 0 saturated heterocycles. The molecule has 6 heteroatoms. The van der Waals surface area contributed by atoms with Crippen LogP contribution in [-0.4, -0.2) is 21.8 Å². The van der Waals surface area contributed by atoms with Gasteiger partial charge in [0.05, 0.1) is 6.20 Å². The Bertz CT molecular complexity index is 943. The van der Waals surface area contributed by atoms with Crippen molar-refractivity contribution in [2.24, 2.45) is 0 Å². The van der Waals surface area contributed by atoms with Crippen LogP contribution in [0.2, 0.25) is 0 Å². The lowest BCUT2D eigenvalue weighted by Crippen LogP contribution is -2.26. The van der Waals surface area contributed by atoms with E-state index in [1.807, 2.05) is 38.1 Å². The van der Waals surface area contributed by atoms with Gasteiger partial charge in [0.2, 0.25) is 6.10 Å². The maximum Gasteiger partial charge on any atom is 0.359 e. The van der Waals surface area contributed by atoms with Gasteiger partial charge in [-0.3, -0.25) is 9.78 Å². The number of ether oxygens (including phenoxy) is 1. The number of rotatable bonds is 5. The molecule has 0 aliphatic carbocycles. The van der Waals surface area contributed by atoms with Crippen LogP contribution in [0, 0.1) is 13.8 Å². The molecule has 1 N–H and O–H groups in total. The number of benzene rings is 2. The highest BCUT2D eigenvalue weighted by molar-refractivity contribution is 5.98. The van der Waals surface area contributed by atoms with Crippen molar-refractivity contribution < 1.29 is 14.3 Å². The number of amides is 1. The third-order valence-corrected chi connectivity index (χ3v) is 3.99. The Balaban J connectivity index is 1.87. The first-order valence-electron chi connectivity index (χ1n) is 8.44. The van der Waals surface area contributed by atoms with Crippen molar-refractivity contribution in [3.63, 3.8) is 0 Å². The molecule has 0 unspecified atom stereocenters. The van der Waals surface area contributed by atoms with Crippen molar-refractivity contribution in [1.29, 1.82) is 0 Å². The van der Waals surface area contributed by atoms with E-state index in [1.165, 1.54) is 18.6 Å². The molecule has 0 aliphatic heterocycles. The van der Waals surface area contributed by atoms with Gasteiger partial charge in [-0.1, -0.05) is 42.5 Å². The van der Waals surface area contributed by atoms with E-state index in [1.54, 1.807) is 24.3 Å². The zero-order valence-electron chi connectivity index (χ0n) is 15.0. The van der Waals surface area contributed by atoms with Crippen LogP contribution in [0.1, 0.15) is 33.3 Å². The smallest absolute Gasteiger partial charge is 0.359 e. The zero-order valence-corrected chi connectivity index (χ0v) is 15.0. The molecule has 0 fully saturated rings. The van der Waals surface area contributed by atoms with E-state index in [9.17, 15) is 9.59 Å². The topological polar surface area (TPSA) is 81.2 Å². The number of carbonyl (C=O) groups excluding carboxylic acids is 2. The second-order valence-corrected chi connectivity index (χ2v) is 6.09. The van der Waals surface area contributed by atoms with Crippen LogP contribution >= 0.6 is 0 Å². The highest BCUT2D eigenvalue weighted by Gasteiger charge is 2.26. The number of hydrogen-bond acceptors (Lipinski definition) is 5. The first kappa shape index (κ1) is 18.3. The summed E-state index contributed by atoms with van der Waals surface area (Å²) in [6, 6.07) is 14.6. The van der Waals surface area contributed by atoms with Crippen molar-refractivity contribution in [2.75, 3.05) is 5.32 Å². The average Bonchev–Trinajstić information content (AvgIpc) is 2.70. The number of carbonyl (C=O) groups is 2. The monoisotopic (exact) mass is 361 g/mol. The lowest BCUT2D eigenvalue weighted by atomic mass is 10.1. The van der Waals surface area contributed by atoms with Crippen LogP contribution in [-0.2, 0) is 9.53 Å². The molecule has 1 aromatic heterocycles. The van der Waals surface area contributed by atoms with Gasteiger partial charge in [-0.05, 0) is 31.0 Å². The lowest BCUT2D eigenvalue weighted by Gasteiger charge is -2.19. The van der Waals surface area contributed by atoms with Gasteiger partial charge >= 0.3 is 5.97 Å². The van der Waals surface area contributed by atoms with Gasteiger partial charge in [0.1, 0.15) is 0 Å². The maximum atomic E-state index is 12.9. The van der Waals surface area contributed by atoms with Crippen LogP contribution in [0.3, 0.4) is 0 Å². The molecule has 1 atom stereocenters. The third kappa shape index (κ3) is 4.55. The standard InChI is InChI=1S/C21H19N3O3/c1-14-8-9-15(2)17(12-14)24-20(25)19(16-6-4-3-5-7-16)27-21(26)18-13-22-10-11-23-18/h3-13,19H,1-2H3,(H,24,25)/t19-/m1/s1. The van der Waals surface area contributed by atoms with Gasteiger partial charge < -0.3 is 10.1 Å². The van der Waals surface area contributed by atoms with Crippen molar-refractivity contribution in [3.8, 4) is 0 Å². The summed E-state index contributed by atoms with van der Waals surface area (Å²) >= 11 is 0. The number of aromatic nitrogens is 2. The van der Waals surface area contributed by atoms with Crippen molar-refractivity contribution in [2.45, 2.75) is 20.0 Å². The summed E-state index contributed by atoms with van der Waals surface area (Å²) in [7, 11) is 0. The number of aryl methyl sites for hydroxylation is 2. The van der Waals surface area contributed by atoms with E-state index in [0.717, 1.165) is 11.1 Å². The van der Waals surface area contributed by atoms with E-state index < -0.39 is 18.0 Å². The predicted octanol–water partition coefficient (Wildman–Crippen LogP) is 3.63. The minimum absolute atomic E-state index is 0.0398. The molecule has 2 aromatic carbocycles. The molecule has 0 saturated carbocycles. The largest absolute Gasteiger partial charge is 0.443 e. The van der Waals surface area contributed by atoms with Gasteiger partial charge in [-0.15, -0.1) is 0 Å². The quantitative estimate of drug-likeness (QED) is 0.702. The Morgan fingerprint density at radius 2 is 1.81 bits per heavy atom. The third-order valence-electron chi connectivity index (χ3n) is 3.99. The molecular formula is C21H19N3O3. The molecule has 1 heterocycles. The first-order valence-corrected chi connectivity index (χ1v) is 8.44. The molecular weight excluding hydrogens is 342 g/mol. The van der Waals surface area contributed by atoms with Crippen LogP contribution in [0.5, 0.6) is 0 Å². The lowest BCUT2D eigenvalue weighted by molar-refractivity contribution is -0.125. The second-order valence-electron chi connectivity index (χ2n) is 6.09. The molecule has 27 heavy (non-hydrogen) atoms. The Morgan fingerprint density at radius 3 is 2.52 bits per heavy atom. The summed E-state index contributed by atoms with van der Waals surface area (Å²) in [5.41, 5.74) is 3.22. The highest BCUT2D eigenvalue weighted by Crippen LogP contribution is 2.23. The van der Waals surface area contributed by atoms with Gasteiger partial charge in [0, 0.05) is 23.6 Å². The minimum atomic E-state index is -1.11. The van der Waals surface area contributed by atoms with Crippen molar-refractivity contribution >= 4 is 17.6 Å². The molecule has 136 valence electrons. The predicted molar refractivity (Wildman–Crippen MR) is 101 cm³/mol. The first-order chi connectivity index (χ1) is 13.0. The zero-order chi connectivity index (χ0) is 19.2. The Hall–Kier alpha value is -3.54. The van der Waals surface area contributed by atoms with Crippen LogP contribution in [0.15, 0.2) is 67.1 Å². The van der Waals surface area contributed by atoms with Crippen LogP contribution < -0.4 is 5.32 Å². The number of nitrogens with one attached hydrogen (secondary N) is 1. The molecule has 0 spiro atoms. The Labute approximate surface area is 157 Å². The molecule has 0 bridgehead atoms. The van der Waals surface area contributed by atoms with Gasteiger partial charge in [-0.2, -0.15) is 0 Å². The number of anilines is 1. The van der Waals surface area contributed by atoms with Crippen molar-refractivity contribution in [3.05, 3.63) is 89.5 Å². The van der Waals surface area contributed by atoms with E-state index in [0.29, 0.717) is 11.3 Å². The maximum absolute atomic E-state index is 12.9. The minimum Gasteiger partial charge on any atom is -0.443 e. The van der Waals surface area contributed by atoms with Gasteiger partial charge in [-0.25, -0.2) is 9.78 Å². The van der Waals surface area contributed by atoms with Crippen molar-refractivity contribution in [1.82, 2.24) is 9.97 Å². The van der Waals surface area contributed by atoms with E-state index in [4.69, 9.17) is 4.74 Å². The molecule has 6 nitrogen and oxygen atoms in total. The Kier molecular flexibility index (Phi) is 5.56. The van der Waals surface area contributed by atoms with Gasteiger partial charge in [0.25, 0.3) is 5.91 Å². The number of hydrogen-bond donors (Lipinski definition) is 1. The SMILES string of the molecule is Cc1ccc(C)c(NC(=O)[C@H](OC(=O)c2cnccn2)c2ccccc2)c1. The summed E-state index contributed by atoms with van der Waals surface area (Å²) in [6.07, 6.45) is 3.04. The fraction of sp³-hybridized carbons (Fsp3) is 0.143. The van der Waals surface area contributed by atoms with E-state index in [-0.39, 0.29) is 5.69 Å². The Morgan fingerprint density at radius 1 is 1.04 bits per heavy atom. The summed E-state index contributed by atoms with van der Waals surface area (Å²) in [5, 5.41) is 2.85. The molecule has 0 radical (unpaired) electrons. The second kappa shape index (κ2) is 8.23. The van der Waals surface area contributed by atoms with E-state index >= 15 is 0 Å². The summed E-state index contributed by atoms with van der Waals surface area (Å²) in [4.78, 5) is 33.1. The average molecular weight is 361 g/mol. The fourth-order valence-corrected chi connectivity index (χ4v) is 2.54. The summed E-state index contributed by atoms with van der Waals surface area (Å²) in [6.45, 7) is 3.84. The normalized spacial score (nSPS) is 11.5. The fourth-order valence-electron chi connectivity index (χ4n) is 2.54. The highest BCUT2D eigenvalue weighted by atomic mass is 16.5. The summed E-state index contributed by atoms with van der Waals surface area (Å²) < 4.78 is 5.47. The molecule has 3 rings (SSSR count). The molecule has 1 amide bonds.